The Hall–Kier alpha value is -1.21. The Morgan fingerprint density at radius 3 is 3.06 bits per heavy atom. The predicted molar refractivity (Wildman–Crippen MR) is 59.1 cm³/mol. The van der Waals surface area contributed by atoms with Gasteiger partial charge in [0, 0.05) is 25.7 Å². The summed E-state index contributed by atoms with van der Waals surface area (Å²) in [7, 11) is 0. The molecule has 1 N–H and O–H groups in total. The Kier molecular flexibility index (Phi) is 4.63. The number of hydrogen-bond donors (Lipinski definition) is 1. The smallest absolute Gasteiger partial charge is 0.244 e. The van der Waals surface area contributed by atoms with Crippen LogP contribution in [0.5, 0.6) is 0 Å². The Labute approximate surface area is 99.6 Å². The molecular weight excluding hydrogens is 232 g/mol. The molecule has 90 valence electrons. The van der Waals surface area contributed by atoms with Crippen molar-refractivity contribution in [3.8, 4) is 0 Å². The molecule has 0 saturated carbocycles. The second-order valence-electron chi connectivity index (χ2n) is 3.70. The van der Waals surface area contributed by atoms with E-state index in [2.05, 4.69) is 27.8 Å². The Morgan fingerprint density at radius 1 is 1.62 bits per heavy atom. The van der Waals surface area contributed by atoms with E-state index in [1.54, 1.807) is 0 Å². The SMILES string of the molecule is CC1CN(C(=O)Cn2cnnn2)CCN1.Cl. The fourth-order valence-corrected chi connectivity index (χ4v) is 1.65. The van der Waals surface area contributed by atoms with Crippen LogP contribution in [0.4, 0.5) is 0 Å². The fraction of sp³-hybridized carbons (Fsp3) is 0.750. The number of amides is 1. The zero-order chi connectivity index (χ0) is 10.7. The van der Waals surface area contributed by atoms with Gasteiger partial charge >= 0.3 is 0 Å². The van der Waals surface area contributed by atoms with E-state index in [4.69, 9.17) is 0 Å². The molecule has 1 unspecified atom stereocenters. The van der Waals surface area contributed by atoms with Gasteiger partial charge in [-0.2, -0.15) is 0 Å². The topological polar surface area (TPSA) is 75.9 Å². The molecule has 1 amide bonds. The van der Waals surface area contributed by atoms with E-state index in [0.29, 0.717) is 6.04 Å². The summed E-state index contributed by atoms with van der Waals surface area (Å²) in [5.41, 5.74) is 0. The molecular formula is C8H15ClN6O. The lowest BCUT2D eigenvalue weighted by Crippen LogP contribution is -2.52. The van der Waals surface area contributed by atoms with Crippen molar-refractivity contribution >= 4 is 18.3 Å². The van der Waals surface area contributed by atoms with Gasteiger partial charge in [0.1, 0.15) is 12.9 Å². The molecule has 7 nitrogen and oxygen atoms in total. The van der Waals surface area contributed by atoms with Crippen LogP contribution >= 0.6 is 12.4 Å². The summed E-state index contributed by atoms with van der Waals surface area (Å²) in [5, 5.41) is 13.9. The maximum absolute atomic E-state index is 11.8. The predicted octanol–water partition coefficient (Wildman–Crippen LogP) is -1.08. The molecule has 1 atom stereocenters. The zero-order valence-corrected chi connectivity index (χ0v) is 9.85. The first-order valence-corrected chi connectivity index (χ1v) is 4.97. The van der Waals surface area contributed by atoms with Crippen molar-refractivity contribution in [3.63, 3.8) is 0 Å². The first-order valence-electron chi connectivity index (χ1n) is 4.97. The Bertz CT molecular complexity index is 329. The molecule has 0 aliphatic carbocycles. The number of nitrogens with one attached hydrogen (secondary N) is 1. The van der Waals surface area contributed by atoms with E-state index in [9.17, 15) is 4.79 Å². The van der Waals surface area contributed by atoms with Crippen molar-refractivity contribution in [3.05, 3.63) is 6.33 Å². The summed E-state index contributed by atoms with van der Waals surface area (Å²) in [6.07, 6.45) is 1.45. The standard InChI is InChI=1S/C8H14N6O.ClH/c1-7-4-13(3-2-9-7)8(15)5-14-6-10-11-12-14;/h6-7,9H,2-5H2,1H3;1H. The maximum Gasteiger partial charge on any atom is 0.244 e. The molecule has 0 spiro atoms. The summed E-state index contributed by atoms with van der Waals surface area (Å²) < 4.78 is 1.44. The van der Waals surface area contributed by atoms with Crippen LogP contribution < -0.4 is 5.32 Å². The number of nitrogens with zero attached hydrogens (tertiary/aromatic N) is 5. The van der Waals surface area contributed by atoms with Gasteiger partial charge in [0.2, 0.25) is 5.91 Å². The number of rotatable bonds is 2. The fourth-order valence-electron chi connectivity index (χ4n) is 1.65. The third-order valence-corrected chi connectivity index (χ3v) is 2.41. The second-order valence-corrected chi connectivity index (χ2v) is 3.70. The normalized spacial score (nSPS) is 20.3. The first-order chi connectivity index (χ1) is 7.25. The summed E-state index contributed by atoms with van der Waals surface area (Å²) in [6.45, 7) is 4.64. The van der Waals surface area contributed by atoms with Crippen LogP contribution in [0.2, 0.25) is 0 Å². The van der Waals surface area contributed by atoms with Crippen LogP contribution in [0.15, 0.2) is 6.33 Å². The van der Waals surface area contributed by atoms with Gasteiger partial charge in [0.25, 0.3) is 0 Å². The molecule has 1 aliphatic rings. The van der Waals surface area contributed by atoms with Crippen molar-refractivity contribution in [2.24, 2.45) is 0 Å². The van der Waals surface area contributed by atoms with Gasteiger partial charge < -0.3 is 10.2 Å². The number of aromatic nitrogens is 4. The van der Waals surface area contributed by atoms with E-state index in [-0.39, 0.29) is 24.9 Å². The van der Waals surface area contributed by atoms with Gasteiger partial charge in [-0.3, -0.25) is 4.79 Å². The van der Waals surface area contributed by atoms with Gasteiger partial charge in [-0.15, -0.1) is 17.5 Å². The van der Waals surface area contributed by atoms with Gasteiger partial charge in [-0.05, 0) is 17.4 Å². The van der Waals surface area contributed by atoms with Crippen LogP contribution in [-0.2, 0) is 11.3 Å². The molecule has 1 saturated heterocycles. The lowest BCUT2D eigenvalue weighted by molar-refractivity contribution is -0.133. The number of tetrazole rings is 1. The molecule has 1 fully saturated rings. The summed E-state index contributed by atoms with van der Waals surface area (Å²) in [5.74, 6) is 0.0654. The highest BCUT2D eigenvalue weighted by molar-refractivity contribution is 5.85. The van der Waals surface area contributed by atoms with Crippen LogP contribution in [0, 0.1) is 0 Å². The lowest BCUT2D eigenvalue weighted by Gasteiger charge is -2.31. The number of carbonyl (C=O) groups excluding carboxylic acids is 1. The van der Waals surface area contributed by atoms with Crippen molar-refractivity contribution in [2.45, 2.75) is 19.5 Å². The average Bonchev–Trinajstić information content (AvgIpc) is 2.70. The van der Waals surface area contributed by atoms with Crippen molar-refractivity contribution in [1.82, 2.24) is 30.4 Å². The van der Waals surface area contributed by atoms with Gasteiger partial charge in [-0.1, -0.05) is 0 Å². The van der Waals surface area contributed by atoms with Crippen LogP contribution in [0.1, 0.15) is 6.92 Å². The minimum absolute atomic E-state index is 0. The summed E-state index contributed by atoms with van der Waals surface area (Å²) in [4.78, 5) is 13.6. The Morgan fingerprint density at radius 2 is 2.44 bits per heavy atom. The average molecular weight is 247 g/mol. The first kappa shape index (κ1) is 12.9. The number of hydrogen-bond acceptors (Lipinski definition) is 5. The Balaban J connectivity index is 0.00000128. The largest absolute Gasteiger partial charge is 0.338 e. The molecule has 1 aromatic heterocycles. The third-order valence-electron chi connectivity index (χ3n) is 2.41. The highest BCUT2D eigenvalue weighted by Gasteiger charge is 2.20. The van der Waals surface area contributed by atoms with Gasteiger partial charge in [0.15, 0.2) is 0 Å². The number of halogens is 1. The highest BCUT2D eigenvalue weighted by Crippen LogP contribution is 2.00. The lowest BCUT2D eigenvalue weighted by atomic mass is 10.2. The third kappa shape index (κ3) is 3.14. The van der Waals surface area contributed by atoms with Crippen molar-refractivity contribution < 1.29 is 4.79 Å². The van der Waals surface area contributed by atoms with Crippen LogP contribution in [-0.4, -0.2) is 56.7 Å². The molecule has 0 bridgehead atoms. The van der Waals surface area contributed by atoms with E-state index < -0.39 is 0 Å². The van der Waals surface area contributed by atoms with Crippen molar-refractivity contribution in [1.29, 1.82) is 0 Å². The minimum atomic E-state index is 0. The molecule has 1 aliphatic heterocycles. The van der Waals surface area contributed by atoms with Crippen LogP contribution in [0.25, 0.3) is 0 Å². The van der Waals surface area contributed by atoms with E-state index in [0.717, 1.165) is 19.6 Å². The number of carbonyl (C=O) groups is 1. The highest BCUT2D eigenvalue weighted by atomic mass is 35.5. The quantitative estimate of drug-likeness (QED) is 0.718. The van der Waals surface area contributed by atoms with Gasteiger partial charge in [0.05, 0.1) is 0 Å². The minimum Gasteiger partial charge on any atom is -0.338 e. The molecule has 0 aromatic carbocycles. The molecule has 16 heavy (non-hydrogen) atoms. The zero-order valence-electron chi connectivity index (χ0n) is 9.04. The van der Waals surface area contributed by atoms with E-state index >= 15 is 0 Å². The van der Waals surface area contributed by atoms with Crippen molar-refractivity contribution in [2.75, 3.05) is 19.6 Å². The monoisotopic (exact) mass is 246 g/mol. The summed E-state index contributed by atoms with van der Waals surface area (Å²) in [6, 6.07) is 0.358. The maximum atomic E-state index is 11.8. The van der Waals surface area contributed by atoms with Crippen LogP contribution in [0.3, 0.4) is 0 Å². The summed E-state index contributed by atoms with van der Waals surface area (Å²) >= 11 is 0. The molecule has 1 aromatic rings. The second kappa shape index (κ2) is 5.76. The molecule has 0 radical (unpaired) electrons. The van der Waals surface area contributed by atoms with E-state index in [1.165, 1.54) is 11.0 Å². The molecule has 8 heteroatoms. The van der Waals surface area contributed by atoms with E-state index in [1.807, 2.05) is 4.90 Å². The molecule has 2 heterocycles. The number of piperazine rings is 1. The van der Waals surface area contributed by atoms with Gasteiger partial charge in [-0.25, -0.2) is 4.68 Å². The molecule has 2 rings (SSSR count).